The Morgan fingerprint density at radius 3 is 2.42 bits per heavy atom. The molecule has 1 fully saturated rings. The van der Waals surface area contributed by atoms with Gasteiger partial charge in [-0.3, -0.25) is 0 Å². The molecule has 1 rings (SSSR count). The van der Waals surface area contributed by atoms with Crippen molar-refractivity contribution in [1.29, 1.82) is 0 Å². The third kappa shape index (κ3) is 6.23. The molecule has 0 saturated carbocycles. The maximum absolute atomic E-state index is 12.4. The normalized spacial score (nSPS) is 18.4. The zero-order valence-corrected chi connectivity index (χ0v) is 13.5. The van der Waals surface area contributed by atoms with E-state index >= 15 is 0 Å². The summed E-state index contributed by atoms with van der Waals surface area (Å²) in [5, 5.41) is 3.33. The number of nitrogens with one attached hydrogen (secondary N) is 1. The van der Waals surface area contributed by atoms with Crippen LogP contribution in [0.5, 0.6) is 0 Å². The van der Waals surface area contributed by atoms with Crippen LogP contribution in [0.25, 0.3) is 0 Å². The van der Waals surface area contributed by atoms with Gasteiger partial charge < -0.3 is 5.32 Å². The van der Waals surface area contributed by atoms with Crippen molar-refractivity contribution in [3.8, 4) is 0 Å². The molecule has 0 radical (unpaired) electrons. The Morgan fingerprint density at radius 1 is 1.26 bits per heavy atom. The standard InChI is InChI=1S/C14H30N2O2S/c1-4-10-16(12-14-5-8-15-9-6-14)19(17,18)11-7-13(2)3/h13-15H,4-12H2,1-3H3. The van der Waals surface area contributed by atoms with Crippen molar-refractivity contribution < 1.29 is 8.42 Å². The molecule has 5 heteroatoms. The van der Waals surface area contributed by atoms with E-state index in [1.165, 1.54) is 0 Å². The van der Waals surface area contributed by atoms with Crippen molar-refractivity contribution in [2.24, 2.45) is 11.8 Å². The molecular formula is C14H30N2O2S. The van der Waals surface area contributed by atoms with E-state index in [9.17, 15) is 8.42 Å². The van der Waals surface area contributed by atoms with Crippen molar-refractivity contribution in [2.45, 2.75) is 46.5 Å². The molecule has 0 aliphatic carbocycles. The van der Waals surface area contributed by atoms with Crippen LogP contribution < -0.4 is 5.32 Å². The molecule has 0 aromatic heterocycles. The lowest BCUT2D eigenvalue weighted by Gasteiger charge is -2.29. The van der Waals surface area contributed by atoms with Gasteiger partial charge in [0.25, 0.3) is 0 Å². The van der Waals surface area contributed by atoms with Crippen LogP contribution in [0, 0.1) is 11.8 Å². The van der Waals surface area contributed by atoms with E-state index < -0.39 is 10.0 Å². The van der Waals surface area contributed by atoms with Gasteiger partial charge in [-0.05, 0) is 50.6 Å². The maximum Gasteiger partial charge on any atom is 0.214 e. The summed E-state index contributed by atoms with van der Waals surface area (Å²) in [4.78, 5) is 0. The molecule has 0 bridgehead atoms. The highest BCUT2D eigenvalue weighted by Gasteiger charge is 2.25. The first-order chi connectivity index (χ1) is 8.95. The van der Waals surface area contributed by atoms with E-state index in [2.05, 4.69) is 19.2 Å². The largest absolute Gasteiger partial charge is 0.317 e. The Bertz CT molecular complexity index is 335. The van der Waals surface area contributed by atoms with Crippen LogP contribution in [0.15, 0.2) is 0 Å². The second-order valence-electron chi connectivity index (χ2n) is 6.05. The topological polar surface area (TPSA) is 49.4 Å². The van der Waals surface area contributed by atoms with Crippen molar-refractivity contribution in [2.75, 3.05) is 31.9 Å². The Balaban J connectivity index is 2.58. The van der Waals surface area contributed by atoms with Gasteiger partial charge in [-0.15, -0.1) is 0 Å². The monoisotopic (exact) mass is 290 g/mol. The molecule has 0 aromatic carbocycles. The average Bonchev–Trinajstić information content (AvgIpc) is 2.37. The molecular weight excluding hydrogens is 260 g/mol. The minimum Gasteiger partial charge on any atom is -0.317 e. The van der Waals surface area contributed by atoms with Crippen LogP contribution in [0.2, 0.25) is 0 Å². The fourth-order valence-electron chi connectivity index (χ4n) is 2.46. The molecule has 0 unspecified atom stereocenters. The van der Waals surface area contributed by atoms with Crippen LogP contribution in [-0.2, 0) is 10.0 Å². The molecule has 1 N–H and O–H groups in total. The number of nitrogens with zero attached hydrogens (tertiary/aromatic N) is 1. The first-order valence-electron chi connectivity index (χ1n) is 7.64. The van der Waals surface area contributed by atoms with Crippen molar-refractivity contribution in [3.63, 3.8) is 0 Å². The van der Waals surface area contributed by atoms with Crippen LogP contribution in [0.4, 0.5) is 0 Å². The number of hydrogen-bond acceptors (Lipinski definition) is 3. The van der Waals surface area contributed by atoms with Gasteiger partial charge in [0.2, 0.25) is 10.0 Å². The third-order valence-corrected chi connectivity index (χ3v) is 5.61. The Kier molecular flexibility index (Phi) is 7.32. The first kappa shape index (κ1) is 16.9. The summed E-state index contributed by atoms with van der Waals surface area (Å²) >= 11 is 0. The zero-order valence-electron chi connectivity index (χ0n) is 12.7. The molecule has 19 heavy (non-hydrogen) atoms. The molecule has 1 heterocycles. The lowest BCUT2D eigenvalue weighted by molar-refractivity contribution is 0.287. The van der Waals surface area contributed by atoms with Gasteiger partial charge in [0.1, 0.15) is 0 Å². The summed E-state index contributed by atoms with van der Waals surface area (Å²) in [5.74, 6) is 1.27. The SMILES string of the molecule is CCCN(CC1CCNCC1)S(=O)(=O)CCC(C)C. The molecule has 114 valence electrons. The molecule has 0 atom stereocenters. The number of rotatable bonds is 8. The summed E-state index contributed by atoms with van der Waals surface area (Å²) < 4.78 is 26.6. The maximum atomic E-state index is 12.4. The molecule has 1 aliphatic heterocycles. The average molecular weight is 290 g/mol. The van der Waals surface area contributed by atoms with E-state index in [0.29, 0.717) is 24.1 Å². The van der Waals surface area contributed by atoms with Gasteiger partial charge in [0, 0.05) is 13.1 Å². The highest BCUT2D eigenvalue weighted by atomic mass is 32.2. The predicted molar refractivity (Wildman–Crippen MR) is 80.7 cm³/mol. The summed E-state index contributed by atoms with van der Waals surface area (Å²) in [6.07, 6.45) is 3.85. The Labute approximate surface area is 119 Å². The highest BCUT2D eigenvalue weighted by molar-refractivity contribution is 7.89. The van der Waals surface area contributed by atoms with Crippen molar-refractivity contribution >= 4 is 10.0 Å². The lowest BCUT2D eigenvalue weighted by Crippen LogP contribution is -2.40. The number of piperidine rings is 1. The van der Waals surface area contributed by atoms with E-state index in [4.69, 9.17) is 0 Å². The van der Waals surface area contributed by atoms with Crippen molar-refractivity contribution in [1.82, 2.24) is 9.62 Å². The van der Waals surface area contributed by atoms with Gasteiger partial charge in [0.05, 0.1) is 5.75 Å². The van der Waals surface area contributed by atoms with Crippen molar-refractivity contribution in [3.05, 3.63) is 0 Å². The smallest absolute Gasteiger partial charge is 0.214 e. The quantitative estimate of drug-likeness (QED) is 0.744. The Morgan fingerprint density at radius 2 is 1.89 bits per heavy atom. The molecule has 0 spiro atoms. The fourth-order valence-corrected chi connectivity index (χ4v) is 4.39. The fraction of sp³-hybridized carbons (Fsp3) is 1.00. The number of sulfonamides is 1. The van der Waals surface area contributed by atoms with E-state index in [-0.39, 0.29) is 0 Å². The lowest BCUT2D eigenvalue weighted by atomic mass is 9.98. The second kappa shape index (κ2) is 8.22. The van der Waals surface area contributed by atoms with Gasteiger partial charge in [-0.1, -0.05) is 20.8 Å². The van der Waals surface area contributed by atoms with Crippen LogP contribution >= 0.6 is 0 Å². The van der Waals surface area contributed by atoms with E-state index in [0.717, 1.165) is 45.3 Å². The summed E-state index contributed by atoms with van der Waals surface area (Å²) in [6.45, 7) is 9.64. The first-order valence-corrected chi connectivity index (χ1v) is 9.25. The van der Waals surface area contributed by atoms with Gasteiger partial charge in [-0.25, -0.2) is 12.7 Å². The second-order valence-corrected chi connectivity index (χ2v) is 8.14. The van der Waals surface area contributed by atoms with E-state index in [1.54, 1.807) is 4.31 Å². The molecule has 1 saturated heterocycles. The minimum atomic E-state index is -3.07. The molecule has 1 aliphatic rings. The van der Waals surface area contributed by atoms with Gasteiger partial charge in [-0.2, -0.15) is 0 Å². The van der Waals surface area contributed by atoms with Crippen LogP contribution in [-0.4, -0.2) is 44.7 Å². The highest BCUT2D eigenvalue weighted by Crippen LogP contribution is 2.17. The van der Waals surface area contributed by atoms with E-state index in [1.807, 2.05) is 6.92 Å². The van der Waals surface area contributed by atoms with Crippen LogP contribution in [0.3, 0.4) is 0 Å². The zero-order chi connectivity index (χ0) is 14.3. The molecule has 0 amide bonds. The van der Waals surface area contributed by atoms with Crippen LogP contribution in [0.1, 0.15) is 46.5 Å². The summed E-state index contributed by atoms with van der Waals surface area (Å²) in [5.41, 5.74) is 0. The predicted octanol–water partition coefficient (Wildman–Crippen LogP) is 2.07. The summed E-state index contributed by atoms with van der Waals surface area (Å²) in [6, 6.07) is 0. The number of hydrogen-bond donors (Lipinski definition) is 1. The molecule has 0 aromatic rings. The third-order valence-electron chi connectivity index (χ3n) is 3.74. The minimum absolute atomic E-state index is 0.301. The van der Waals surface area contributed by atoms with Gasteiger partial charge in [0.15, 0.2) is 0 Å². The Hall–Kier alpha value is -0.130. The van der Waals surface area contributed by atoms with Gasteiger partial charge >= 0.3 is 0 Å². The molecule has 4 nitrogen and oxygen atoms in total. The summed E-state index contributed by atoms with van der Waals surface area (Å²) in [7, 11) is -3.07.